The number of aromatic nitrogens is 2. The number of rotatable bonds is 4. The van der Waals surface area contributed by atoms with Crippen molar-refractivity contribution in [1.29, 1.82) is 0 Å². The third kappa shape index (κ3) is 3.26. The summed E-state index contributed by atoms with van der Waals surface area (Å²) in [6.07, 6.45) is 2.22. The molecule has 0 radical (unpaired) electrons. The van der Waals surface area contributed by atoms with Gasteiger partial charge in [0.05, 0.1) is 12.1 Å². The Labute approximate surface area is 155 Å². The van der Waals surface area contributed by atoms with E-state index in [-0.39, 0.29) is 5.91 Å². The number of para-hydroxylation sites is 1. The molecule has 0 aliphatic carbocycles. The molecule has 2 aromatic carbocycles. The van der Waals surface area contributed by atoms with Crippen LogP contribution in [0, 0.1) is 13.8 Å². The molecule has 1 amide bonds. The second-order valence-corrected chi connectivity index (χ2v) is 7.30. The van der Waals surface area contributed by atoms with E-state index in [0.29, 0.717) is 11.6 Å². The van der Waals surface area contributed by atoms with Crippen molar-refractivity contribution in [3.05, 3.63) is 70.7 Å². The minimum atomic E-state index is -0.0587. The molecule has 26 heavy (non-hydrogen) atoms. The Balaban J connectivity index is 1.50. The van der Waals surface area contributed by atoms with E-state index < -0.39 is 0 Å². The molecular formula is C21H19N3OS. The Hall–Kier alpha value is -2.92. The lowest BCUT2D eigenvalue weighted by Gasteiger charge is -2.04. The van der Waals surface area contributed by atoms with Gasteiger partial charge < -0.3 is 10.3 Å². The predicted molar refractivity (Wildman–Crippen MR) is 108 cm³/mol. The van der Waals surface area contributed by atoms with Crippen LogP contribution >= 0.6 is 11.3 Å². The normalized spacial score (nSPS) is 11.0. The maximum Gasteiger partial charge on any atom is 0.230 e. The number of fused-ring (bicyclic) bond motifs is 1. The summed E-state index contributed by atoms with van der Waals surface area (Å²) < 4.78 is 0. The highest BCUT2D eigenvalue weighted by molar-refractivity contribution is 7.14. The van der Waals surface area contributed by atoms with Gasteiger partial charge in [0, 0.05) is 28.0 Å². The van der Waals surface area contributed by atoms with Crippen molar-refractivity contribution in [1.82, 2.24) is 9.97 Å². The first-order chi connectivity index (χ1) is 12.6. The van der Waals surface area contributed by atoms with Crippen molar-refractivity contribution >= 4 is 33.3 Å². The summed E-state index contributed by atoms with van der Waals surface area (Å²) in [6.45, 7) is 4.14. The molecule has 2 aromatic heterocycles. The molecule has 0 aliphatic heterocycles. The maximum atomic E-state index is 12.4. The summed E-state index contributed by atoms with van der Waals surface area (Å²) >= 11 is 1.45. The van der Waals surface area contributed by atoms with Gasteiger partial charge in [0.25, 0.3) is 0 Å². The number of thiazole rings is 1. The van der Waals surface area contributed by atoms with Gasteiger partial charge in [0.2, 0.25) is 5.91 Å². The lowest BCUT2D eigenvalue weighted by molar-refractivity contribution is -0.115. The van der Waals surface area contributed by atoms with E-state index in [0.717, 1.165) is 27.7 Å². The number of amides is 1. The van der Waals surface area contributed by atoms with Gasteiger partial charge in [-0.1, -0.05) is 35.9 Å². The van der Waals surface area contributed by atoms with Crippen molar-refractivity contribution in [2.24, 2.45) is 0 Å². The monoisotopic (exact) mass is 361 g/mol. The van der Waals surface area contributed by atoms with E-state index in [1.807, 2.05) is 35.8 Å². The summed E-state index contributed by atoms with van der Waals surface area (Å²) in [7, 11) is 0. The first-order valence-electron chi connectivity index (χ1n) is 8.48. The number of hydrogen-bond acceptors (Lipinski definition) is 3. The number of benzene rings is 2. The van der Waals surface area contributed by atoms with Crippen molar-refractivity contribution in [3.8, 4) is 11.3 Å². The number of aromatic amines is 1. The zero-order valence-corrected chi connectivity index (χ0v) is 15.5. The van der Waals surface area contributed by atoms with Crippen LogP contribution in [0.2, 0.25) is 0 Å². The minimum Gasteiger partial charge on any atom is -0.361 e. The van der Waals surface area contributed by atoms with Crippen molar-refractivity contribution in [2.45, 2.75) is 20.3 Å². The van der Waals surface area contributed by atoms with Gasteiger partial charge in [-0.3, -0.25) is 4.79 Å². The topological polar surface area (TPSA) is 57.8 Å². The third-order valence-electron chi connectivity index (χ3n) is 4.45. The van der Waals surface area contributed by atoms with Crippen LogP contribution in [-0.4, -0.2) is 15.9 Å². The van der Waals surface area contributed by atoms with Crippen molar-refractivity contribution in [3.63, 3.8) is 0 Å². The van der Waals surface area contributed by atoms with E-state index >= 15 is 0 Å². The first kappa shape index (κ1) is 16.5. The molecule has 2 heterocycles. The fourth-order valence-electron chi connectivity index (χ4n) is 3.08. The molecule has 4 aromatic rings. The van der Waals surface area contributed by atoms with Crippen LogP contribution in [0.1, 0.15) is 16.7 Å². The van der Waals surface area contributed by atoms with Gasteiger partial charge in [-0.15, -0.1) is 11.3 Å². The number of carbonyl (C=O) groups excluding carboxylic acids is 1. The van der Waals surface area contributed by atoms with Crippen LogP contribution in [0.5, 0.6) is 0 Å². The fraction of sp³-hybridized carbons (Fsp3) is 0.143. The Morgan fingerprint density at radius 2 is 2.04 bits per heavy atom. The molecule has 0 aliphatic rings. The molecule has 0 bridgehead atoms. The number of nitrogens with zero attached hydrogens (tertiary/aromatic N) is 1. The Morgan fingerprint density at radius 3 is 2.92 bits per heavy atom. The highest BCUT2D eigenvalue weighted by atomic mass is 32.1. The number of aryl methyl sites for hydroxylation is 2. The second-order valence-electron chi connectivity index (χ2n) is 6.44. The Bertz CT molecular complexity index is 1090. The van der Waals surface area contributed by atoms with Crippen LogP contribution in [-0.2, 0) is 11.2 Å². The zero-order valence-electron chi connectivity index (χ0n) is 14.7. The smallest absolute Gasteiger partial charge is 0.230 e. The quantitative estimate of drug-likeness (QED) is 0.532. The predicted octanol–water partition coefficient (Wildman–Crippen LogP) is 5.09. The van der Waals surface area contributed by atoms with Crippen LogP contribution in [0.4, 0.5) is 5.13 Å². The zero-order chi connectivity index (χ0) is 18.1. The molecule has 0 atom stereocenters. The number of nitrogens with one attached hydrogen (secondary N) is 2. The van der Waals surface area contributed by atoms with Crippen LogP contribution in [0.15, 0.2) is 54.0 Å². The van der Waals surface area contributed by atoms with Gasteiger partial charge in [-0.25, -0.2) is 4.98 Å². The molecule has 0 unspecified atom stereocenters. The van der Waals surface area contributed by atoms with E-state index in [1.54, 1.807) is 0 Å². The molecule has 130 valence electrons. The van der Waals surface area contributed by atoms with Gasteiger partial charge in [0.1, 0.15) is 0 Å². The lowest BCUT2D eigenvalue weighted by Crippen LogP contribution is -2.14. The van der Waals surface area contributed by atoms with Gasteiger partial charge in [0.15, 0.2) is 5.13 Å². The Kier molecular flexibility index (Phi) is 4.31. The number of carbonyl (C=O) groups is 1. The second kappa shape index (κ2) is 6.77. The van der Waals surface area contributed by atoms with E-state index in [1.165, 1.54) is 22.5 Å². The number of H-pyrrole nitrogens is 1. The summed E-state index contributed by atoms with van der Waals surface area (Å²) in [5.74, 6) is -0.0587. The van der Waals surface area contributed by atoms with Crippen LogP contribution in [0.3, 0.4) is 0 Å². The molecule has 4 nitrogen and oxygen atoms in total. The standard InChI is InChI=1S/C21H19N3OS/c1-13-7-8-14(2)17(9-13)19-12-26-21(23-19)24-20(25)10-15-11-22-18-6-4-3-5-16(15)18/h3-9,11-12,22H,10H2,1-2H3,(H,23,24,25). The number of anilines is 1. The molecule has 5 heteroatoms. The molecular weight excluding hydrogens is 342 g/mol. The van der Waals surface area contributed by atoms with Gasteiger partial charge in [-0.05, 0) is 37.1 Å². The maximum absolute atomic E-state index is 12.4. The first-order valence-corrected chi connectivity index (χ1v) is 9.36. The highest BCUT2D eigenvalue weighted by Crippen LogP contribution is 2.28. The van der Waals surface area contributed by atoms with Crippen molar-refractivity contribution in [2.75, 3.05) is 5.32 Å². The third-order valence-corrected chi connectivity index (χ3v) is 5.20. The molecule has 0 fully saturated rings. The average Bonchev–Trinajstić information content (AvgIpc) is 3.25. The highest BCUT2D eigenvalue weighted by Gasteiger charge is 2.12. The van der Waals surface area contributed by atoms with E-state index in [2.05, 4.69) is 47.3 Å². The Morgan fingerprint density at radius 1 is 1.19 bits per heavy atom. The average molecular weight is 361 g/mol. The fourth-order valence-corrected chi connectivity index (χ4v) is 3.81. The van der Waals surface area contributed by atoms with Gasteiger partial charge >= 0.3 is 0 Å². The molecule has 0 saturated heterocycles. The summed E-state index contributed by atoms with van der Waals surface area (Å²) in [4.78, 5) is 20.2. The van der Waals surface area contributed by atoms with E-state index in [9.17, 15) is 4.79 Å². The minimum absolute atomic E-state index is 0.0587. The SMILES string of the molecule is Cc1ccc(C)c(-c2csc(NC(=O)Cc3c[nH]c4ccccc34)n2)c1. The molecule has 0 spiro atoms. The van der Waals surface area contributed by atoms with Gasteiger partial charge in [-0.2, -0.15) is 0 Å². The van der Waals surface area contributed by atoms with E-state index in [4.69, 9.17) is 0 Å². The van der Waals surface area contributed by atoms with Crippen LogP contribution in [0.25, 0.3) is 22.2 Å². The number of hydrogen-bond donors (Lipinski definition) is 2. The summed E-state index contributed by atoms with van der Waals surface area (Å²) in [5, 5.41) is 6.62. The largest absolute Gasteiger partial charge is 0.361 e. The van der Waals surface area contributed by atoms with Crippen molar-refractivity contribution < 1.29 is 4.79 Å². The molecule has 0 saturated carbocycles. The summed E-state index contributed by atoms with van der Waals surface area (Å²) in [5.41, 5.74) is 6.42. The van der Waals surface area contributed by atoms with Crippen LogP contribution < -0.4 is 5.32 Å². The summed E-state index contributed by atoms with van der Waals surface area (Å²) in [6, 6.07) is 14.3. The molecule has 2 N–H and O–H groups in total. The molecule has 4 rings (SSSR count). The lowest BCUT2D eigenvalue weighted by atomic mass is 10.0.